The molecule has 0 radical (unpaired) electrons. The molecule has 2 aromatic carbocycles. The summed E-state index contributed by atoms with van der Waals surface area (Å²) in [6.07, 6.45) is 3.30. The highest BCUT2D eigenvalue weighted by molar-refractivity contribution is 5.95. The number of nitro groups is 2. The van der Waals surface area contributed by atoms with Gasteiger partial charge >= 0.3 is 0 Å². The predicted molar refractivity (Wildman–Crippen MR) is 164 cm³/mol. The van der Waals surface area contributed by atoms with Gasteiger partial charge in [0, 0.05) is 36.7 Å². The molecule has 2 fully saturated rings. The first kappa shape index (κ1) is 26.6. The van der Waals surface area contributed by atoms with Crippen LogP contribution in [0, 0.1) is 20.2 Å². The van der Waals surface area contributed by atoms with Gasteiger partial charge in [0.1, 0.15) is 0 Å². The highest BCUT2D eigenvalue weighted by Crippen LogP contribution is 2.42. The van der Waals surface area contributed by atoms with Crippen molar-refractivity contribution in [2.45, 2.75) is 11.3 Å². The Morgan fingerprint density at radius 3 is 1.41 bits per heavy atom. The number of imidazole rings is 2. The molecule has 2 aliphatic heterocycles. The first-order chi connectivity index (χ1) is 22.3. The van der Waals surface area contributed by atoms with Crippen molar-refractivity contribution in [3.63, 3.8) is 0 Å². The Labute approximate surface area is 256 Å². The largest absolute Gasteiger partial charge is 0.324 e. The highest BCUT2D eigenvalue weighted by atomic mass is 16.6. The monoisotopic (exact) mass is 616 g/mol. The van der Waals surface area contributed by atoms with E-state index in [1.807, 2.05) is 24.3 Å². The van der Waals surface area contributed by atoms with Gasteiger partial charge in [-0.25, -0.2) is 9.97 Å². The summed E-state index contributed by atoms with van der Waals surface area (Å²) >= 11 is 0. The smallest absolute Gasteiger partial charge is 0.271 e. The van der Waals surface area contributed by atoms with Crippen molar-refractivity contribution in [3.05, 3.63) is 117 Å². The summed E-state index contributed by atoms with van der Waals surface area (Å²) in [5.41, 5.74) is 0.304. The molecule has 0 saturated carbocycles. The first-order valence-electron chi connectivity index (χ1n) is 13.7. The van der Waals surface area contributed by atoms with Gasteiger partial charge in [0.2, 0.25) is 35.1 Å². The lowest BCUT2D eigenvalue weighted by Gasteiger charge is -2.36. The van der Waals surface area contributed by atoms with E-state index in [-0.39, 0.29) is 35.2 Å². The lowest BCUT2D eigenvalue weighted by atomic mass is 9.88. The summed E-state index contributed by atoms with van der Waals surface area (Å²) in [5, 5.41) is 36.2. The number of aromatic amines is 2. The number of pyridine rings is 2. The standard InChI is InChI=1S/C28H20N14O4/c43-41(44)15-7-9-17-19(13-15)33-23(31-17)35-25-37-27(21-5-1-3-11-29-21)28(39-25,22-6-2-4-12-30-22)40-26(38-27)36-24-32-18-10-8-16(42(45)46)14-20(18)34-24/h1-14H,(H3,31,33,35,37,39)(H3,32,34,36,38,40). The fourth-order valence-electron chi connectivity index (χ4n) is 5.64. The van der Waals surface area contributed by atoms with Crippen LogP contribution in [0.15, 0.2) is 95.2 Å². The number of hydrogen-bond donors (Lipinski definition) is 6. The highest BCUT2D eigenvalue weighted by Gasteiger charge is 2.67. The molecule has 8 rings (SSSR count). The van der Waals surface area contributed by atoms with E-state index in [2.05, 4.69) is 61.2 Å². The molecule has 0 atom stereocenters. The molecule has 6 heterocycles. The molecule has 46 heavy (non-hydrogen) atoms. The summed E-state index contributed by atoms with van der Waals surface area (Å²) in [6, 6.07) is 19.6. The Kier molecular flexibility index (Phi) is 5.66. The topological polar surface area (TPSA) is 242 Å². The maximum absolute atomic E-state index is 11.3. The molecule has 6 N–H and O–H groups in total. The number of guanidine groups is 2. The molecule has 4 aromatic heterocycles. The Morgan fingerprint density at radius 2 is 1.04 bits per heavy atom. The Hall–Kier alpha value is -6.98. The summed E-state index contributed by atoms with van der Waals surface area (Å²) in [7, 11) is 0. The van der Waals surface area contributed by atoms with Crippen LogP contribution < -0.4 is 21.3 Å². The molecule has 2 aliphatic rings. The van der Waals surface area contributed by atoms with Gasteiger partial charge in [-0.2, -0.15) is 9.98 Å². The van der Waals surface area contributed by atoms with Gasteiger partial charge < -0.3 is 31.2 Å². The Morgan fingerprint density at radius 1 is 0.609 bits per heavy atom. The summed E-state index contributed by atoms with van der Waals surface area (Å²) in [5.74, 6) is 0.950. The van der Waals surface area contributed by atoms with Gasteiger partial charge in [0.15, 0.2) is 0 Å². The molecule has 0 amide bonds. The van der Waals surface area contributed by atoms with Crippen molar-refractivity contribution in [2.24, 2.45) is 9.98 Å². The number of H-pyrrole nitrogens is 2. The van der Waals surface area contributed by atoms with Gasteiger partial charge in [0.25, 0.3) is 11.4 Å². The van der Waals surface area contributed by atoms with Crippen molar-refractivity contribution in [1.29, 1.82) is 0 Å². The van der Waals surface area contributed by atoms with E-state index < -0.39 is 21.2 Å². The lowest BCUT2D eigenvalue weighted by molar-refractivity contribution is -0.384. The average molecular weight is 617 g/mol. The maximum atomic E-state index is 11.3. The Bertz CT molecular complexity index is 2070. The average Bonchev–Trinajstić information content (AvgIpc) is 3.80. The number of fused-ring (bicyclic) bond motifs is 3. The second-order valence-electron chi connectivity index (χ2n) is 10.4. The minimum Gasteiger partial charge on any atom is -0.324 e. The van der Waals surface area contributed by atoms with E-state index in [4.69, 9.17) is 0 Å². The molecule has 0 aliphatic carbocycles. The van der Waals surface area contributed by atoms with Gasteiger partial charge in [-0.1, -0.05) is 12.1 Å². The van der Waals surface area contributed by atoms with Crippen molar-refractivity contribution in [2.75, 3.05) is 0 Å². The van der Waals surface area contributed by atoms with Gasteiger partial charge in [0.05, 0.1) is 43.3 Å². The summed E-state index contributed by atoms with van der Waals surface area (Å²) in [4.78, 5) is 55.2. The first-order valence-corrected chi connectivity index (χ1v) is 13.7. The zero-order chi connectivity index (χ0) is 31.5. The van der Waals surface area contributed by atoms with E-state index in [0.29, 0.717) is 33.5 Å². The van der Waals surface area contributed by atoms with E-state index in [1.165, 1.54) is 24.3 Å². The molecule has 0 unspecified atom stereocenters. The molecule has 226 valence electrons. The third kappa shape index (κ3) is 4.12. The van der Waals surface area contributed by atoms with Crippen LogP contribution in [0.1, 0.15) is 11.4 Å². The van der Waals surface area contributed by atoms with Crippen LogP contribution in [0.3, 0.4) is 0 Å². The van der Waals surface area contributed by atoms with Crippen LogP contribution in [0.5, 0.6) is 0 Å². The van der Waals surface area contributed by atoms with Crippen molar-refractivity contribution < 1.29 is 9.85 Å². The minimum absolute atomic E-state index is 0.0871. The van der Waals surface area contributed by atoms with Gasteiger partial charge in [-0.3, -0.25) is 30.2 Å². The molecule has 0 spiro atoms. The normalized spacial score (nSPS) is 20.0. The fourth-order valence-corrected chi connectivity index (χ4v) is 5.64. The zero-order valence-corrected chi connectivity index (χ0v) is 23.3. The lowest BCUT2D eigenvalue weighted by Crippen LogP contribution is -2.61. The number of nitrogens with zero attached hydrogens (tertiary/aromatic N) is 8. The predicted octanol–water partition coefficient (Wildman–Crippen LogP) is 2.81. The van der Waals surface area contributed by atoms with Crippen LogP contribution in [-0.4, -0.2) is 51.7 Å². The van der Waals surface area contributed by atoms with E-state index in [1.54, 1.807) is 36.7 Å². The van der Waals surface area contributed by atoms with Gasteiger partial charge in [-0.05, 0) is 36.4 Å². The molecule has 2 saturated heterocycles. The molecule has 18 heteroatoms. The summed E-state index contributed by atoms with van der Waals surface area (Å²) in [6.45, 7) is 0. The van der Waals surface area contributed by atoms with E-state index in [0.717, 1.165) is 0 Å². The van der Waals surface area contributed by atoms with Crippen LogP contribution in [0.4, 0.5) is 23.3 Å². The zero-order valence-electron chi connectivity index (χ0n) is 23.3. The van der Waals surface area contributed by atoms with E-state index in [9.17, 15) is 20.2 Å². The molecule has 0 bridgehead atoms. The minimum atomic E-state index is -1.27. The SMILES string of the molecule is O=[N+]([O-])c1ccc2[nH]c(N=C3NC4(c5ccccn5)NC(=Nc5nc6cc([N+](=O)[O-])ccc6[nH]5)NC4(c4ccccn4)N3)nc2c1. The number of aromatic nitrogens is 6. The molecular weight excluding hydrogens is 596 g/mol. The second kappa shape index (κ2) is 9.77. The number of rotatable bonds is 6. The number of benzene rings is 2. The molecular formula is C28H20N14O4. The number of nitrogens with one attached hydrogen (secondary N) is 6. The Balaban J connectivity index is 1.24. The van der Waals surface area contributed by atoms with Crippen LogP contribution in [-0.2, 0) is 11.3 Å². The maximum Gasteiger partial charge on any atom is 0.271 e. The van der Waals surface area contributed by atoms with Crippen LogP contribution in [0.25, 0.3) is 22.1 Å². The van der Waals surface area contributed by atoms with Crippen molar-refractivity contribution in [1.82, 2.24) is 51.2 Å². The van der Waals surface area contributed by atoms with E-state index >= 15 is 0 Å². The molecule has 6 aromatic rings. The number of aliphatic imine (C=N–C) groups is 2. The second-order valence-corrected chi connectivity index (χ2v) is 10.4. The third-order valence-corrected chi connectivity index (χ3v) is 7.65. The fraction of sp³-hybridized carbons (Fsp3) is 0.0714. The van der Waals surface area contributed by atoms with Crippen LogP contribution >= 0.6 is 0 Å². The number of non-ortho nitro benzene ring substituents is 2. The van der Waals surface area contributed by atoms with Crippen LogP contribution in [0.2, 0.25) is 0 Å². The summed E-state index contributed by atoms with van der Waals surface area (Å²) < 4.78 is 0. The number of hydrogen-bond acceptors (Lipinski definition) is 10. The molecule has 18 nitrogen and oxygen atoms in total. The third-order valence-electron chi connectivity index (χ3n) is 7.65. The number of nitro benzene ring substituents is 2. The quantitative estimate of drug-likeness (QED) is 0.117. The van der Waals surface area contributed by atoms with Crippen molar-refractivity contribution in [3.8, 4) is 0 Å². The van der Waals surface area contributed by atoms with Gasteiger partial charge in [-0.15, -0.1) is 0 Å². The van der Waals surface area contributed by atoms with Crippen molar-refractivity contribution >= 4 is 57.3 Å².